The highest BCUT2D eigenvalue weighted by molar-refractivity contribution is 5.90. The van der Waals surface area contributed by atoms with Gasteiger partial charge in [-0.1, -0.05) is 97.4 Å². The van der Waals surface area contributed by atoms with E-state index < -0.39 is 54.3 Å². The smallest absolute Gasteiger partial charge is 0.328 e. The molecule has 352 valence electrons. The molecule has 9 atom stereocenters. The molecule has 1 aliphatic rings. The molecule has 14 nitrogen and oxygen atoms in total. The lowest BCUT2D eigenvalue weighted by Gasteiger charge is -2.41. The van der Waals surface area contributed by atoms with Crippen LogP contribution < -0.4 is 16.0 Å². The fourth-order valence-corrected chi connectivity index (χ4v) is 9.06. The number of ether oxygens (including phenoxy) is 3. The summed E-state index contributed by atoms with van der Waals surface area (Å²) in [7, 11) is 9.96. The van der Waals surface area contributed by atoms with E-state index in [4.69, 9.17) is 14.2 Å². The summed E-state index contributed by atoms with van der Waals surface area (Å²) in [5, 5.41) is 9.15. The van der Waals surface area contributed by atoms with E-state index >= 15 is 0 Å². The molecule has 0 bridgehead atoms. The molecule has 1 unspecified atom stereocenters. The van der Waals surface area contributed by atoms with Gasteiger partial charge in [0.2, 0.25) is 23.6 Å². The first-order chi connectivity index (χ1) is 29.9. The Hall–Kier alpha value is -4.53. The fourth-order valence-electron chi connectivity index (χ4n) is 9.06. The number of carbonyl (C=O) groups excluding carboxylic acids is 5. The number of nitrogens with one attached hydrogen (secondary N) is 3. The number of benzene rings is 2. The summed E-state index contributed by atoms with van der Waals surface area (Å²) in [4.78, 5) is 75.1. The number of esters is 1. The lowest BCUT2D eigenvalue weighted by Crippen LogP contribution is -2.60. The quantitative estimate of drug-likeness (QED) is 0.114. The number of hydrogen-bond donors (Lipinski definition) is 3. The minimum absolute atomic E-state index is 0.00522. The summed E-state index contributed by atoms with van der Waals surface area (Å²) >= 11 is 0. The summed E-state index contributed by atoms with van der Waals surface area (Å²) in [6.07, 6.45) is 1.77. The van der Waals surface area contributed by atoms with Gasteiger partial charge in [0.15, 0.2) is 0 Å². The Kier molecular flexibility index (Phi) is 21.5. The van der Waals surface area contributed by atoms with Crippen molar-refractivity contribution in [3.8, 4) is 0 Å². The van der Waals surface area contributed by atoms with E-state index in [0.717, 1.165) is 24.1 Å². The van der Waals surface area contributed by atoms with Gasteiger partial charge in [0.25, 0.3) is 0 Å². The van der Waals surface area contributed by atoms with Crippen molar-refractivity contribution in [1.29, 1.82) is 0 Å². The molecule has 3 N–H and O–H groups in total. The highest BCUT2D eigenvalue weighted by Crippen LogP contribution is 2.30. The monoisotopic (exact) mass is 879 g/mol. The van der Waals surface area contributed by atoms with E-state index in [2.05, 4.69) is 33.0 Å². The Morgan fingerprint density at radius 2 is 1.48 bits per heavy atom. The lowest BCUT2D eigenvalue weighted by molar-refractivity contribution is -0.149. The third kappa shape index (κ3) is 14.5. The van der Waals surface area contributed by atoms with Crippen LogP contribution in [0.1, 0.15) is 85.3 Å². The number of anilines is 1. The van der Waals surface area contributed by atoms with Crippen LogP contribution in [-0.2, 0) is 51.0 Å². The number of carbonyl (C=O) groups is 5. The maximum absolute atomic E-state index is 14.6. The van der Waals surface area contributed by atoms with E-state index in [0.29, 0.717) is 25.9 Å². The molecule has 0 radical (unpaired) electrons. The molecule has 2 aromatic carbocycles. The zero-order chi connectivity index (χ0) is 47.0. The highest BCUT2D eigenvalue weighted by atomic mass is 16.5. The molecule has 0 aliphatic carbocycles. The van der Waals surface area contributed by atoms with E-state index in [1.165, 1.54) is 19.8 Å². The number of amides is 4. The number of likely N-dealkylation sites (tertiary alicyclic amines) is 1. The zero-order valence-corrected chi connectivity index (χ0v) is 40.3. The molecule has 63 heavy (non-hydrogen) atoms. The Labute approximate surface area is 377 Å². The van der Waals surface area contributed by atoms with Gasteiger partial charge in [0.1, 0.15) is 12.1 Å². The van der Waals surface area contributed by atoms with Crippen LogP contribution in [0, 0.1) is 23.7 Å². The standard InChI is InChI=1S/C49H78N6O8/c1-14-33(6)44(54(10)48(59)42(31(2)3)52-47(58)43(32(4)5)53(9)28-26-35-22-24-37(50-8)25-23-35)40(61-11)30-41(56)55-27-18-21-39(55)45(62-12)34(7)46(57)51-38(49(60)63-13)29-36-19-16-15-17-20-36/h15-17,19-20,22-25,31-34,38-40,42-45,50H,14,18,21,26-30H2,1-13H3,(H,51,57)(H,52,58)/t33-,34+,38-,39-,40+,42-,43-,44-,45?/m0/s1. The Morgan fingerprint density at radius 3 is 2.02 bits per heavy atom. The minimum Gasteiger partial charge on any atom is -0.467 e. The van der Waals surface area contributed by atoms with E-state index in [9.17, 15) is 24.0 Å². The number of rotatable bonds is 25. The van der Waals surface area contributed by atoms with Gasteiger partial charge in [-0.05, 0) is 67.3 Å². The molecular weight excluding hydrogens is 801 g/mol. The number of methoxy groups -OCH3 is 3. The normalized spacial score (nSPS) is 17.9. The Bertz CT molecular complexity index is 1740. The predicted octanol–water partition coefficient (Wildman–Crippen LogP) is 5.19. The van der Waals surface area contributed by atoms with Crippen LogP contribution in [0.3, 0.4) is 0 Å². The molecule has 2 aromatic rings. The topological polar surface area (TPSA) is 159 Å². The van der Waals surface area contributed by atoms with E-state index in [1.807, 2.05) is 98.1 Å². The molecule has 0 saturated carbocycles. The van der Waals surface area contributed by atoms with Gasteiger partial charge in [0, 0.05) is 53.5 Å². The van der Waals surface area contributed by atoms with Crippen LogP contribution in [0.15, 0.2) is 54.6 Å². The Morgan fingerprint density at radius 1 is 0.825 bits per heavy atom. The molecule has 0 spiro atoms. The second kappa shape index (κ2) is 25.7. The summed E-state index contributed by atoms with van der Waals surface area (Å²) < 4.78 is 17.1. The van der Waals surface area contributed by atoms with Gasteiger partial charge in [-0.15, -0.1) is 0 Å². The third-order valence-corrected chi connectivity index (χ3v) is 12.9. The van der Waals surface area contributed by atoms with E-state index in [-0.39, 0.29) is 54.2 Å². The second-order valence-corrected chi connectivity index (χ2v) is 18.0. The second-order valence-electron chi connectivity index (χ2n) is 18.0. The SMILES string of the molecule is CC[C@H](C)[C@@H]([C@@H](CC(=O)N1CCC[C@H]1C(OC)[C@@H](C)C(=O)N[C@@H](Cc1ccccc1)C(=O)OC)OC)N(C)C(=O)[C@@H](NC(=O)[C@H](C(C)C)N(C)CCc1ccc(NC)cc1)C(C)C. The summed E-state index contributed by atoms with van der Waals surface area (Å²) in [5.74, 6) is -2.55. The van der Waals surface area contributed by atoms with Gasteiger partial charge in [-0.2, -0.15) is 0 Å². The van der Waals surface area contributed by atoms with Crippen LogP contribution in [0.25, 0.3) is 0 Å². The van der Waals surface area contributed by atoms with Crippen LogP contribution in [0.4, 0.5) is 5.69 Å². The van der Waals surface area contributed by atoms with Gasteiger partial charge in [-0.3, -0.25) is 24.1 Å². The maximum atomic E-state index is 14.6. The molecule has 14 heteroatoms. The van der Waals surface area contributed by atoms with Crippen LogP contribution >= 0.6 is 0 Å². The van der Waals surface area contributed by atoms with E-state index in [1.54, 1.807) is 30.9 Å². The summed E-state index contributed by atoms with van der Waals surface area (Å²) in [6, 6.07) is 14.6. The minimum atomic E-state index is -0.898. The summed E-state index contributed by atoms with van der Waals surface area (Å²) in [5.41, 5.74) is 3.08. The van der Waals surface area contributed by atoms with Crippen molar-refractivity contribution in [3.63, 3.8) is 0 Å². The van der Waals surface area contributed by atoms with Crippen LogP contribution in [0.5, 0.6) is 0 Å². The molecule has 0 aromatic heterocycles. The molecule has 1 aliphatic heterocycles. The molecule has 1 heterocycles. The summed E-state index contributed by atoms with van der Waals surface area (Å²) in [6.45, 7) is 14.9. The van der Waals surface area contributed by atoms with Crippen molar-refractivity contribution in [1.82, 2.24) is 25.3 Å². The average molecular weight is 879 g/mol. The van der Waals surface area contributed by atoms with Crippen LogP contribution in [-0.4, -0.2) is 142 Å². The maximum Gasteiger partial charge on any atom is 0.328 e. The number of hydrogen-bond acceptors (Lipinski definition) is 10. The first-order valence-corrected chi connectivity index (χ1v) is 22.7. The van der Waals surface area contributed by atoms with Gasteiger partial charge in [0.05, 0.1) is 49.8 Å². The predicted molar refractivity (Wildman–Crippen MR) is 248 cm³/mol. The molecule has 1 fully saturated rings. The van der Waals surface area contributed by atoms with Crippen molar-refractivity contribution >= 4 is 35.3 Å². The largest absolute Gasteiger partial charge is 0.467 e. The average Bonchev–Trinajstić information content (AvgIpc) is 3.76. The van der Waals surface area contributed by atoms with Crippen LogP contribution in [0.2, 0.25) is 0 Å². The molecule has 4 amide bonds. The molecule has 3 rings (SSSR count). The van der Waals surface area contributed by atoms with Gasteiger partial charge >= 0.3 is 5.97 Å². The van der Waals surface area contributed by atoms with Crippen molar-refractivity contribution in [2.45, 2.75) is 129 Å². The highest BCUT2D eigenvalue weighted by Gasteiger charge is 2.43. The fraction of sp³-hybridized carbons (Fsp3) is 0.653. The first kappa shape index (κ1) is 52.8. The molecular formula is C49H78N6O8. The Balaban J connectivity index is 1.77. The van der Waals surface area contributed by atoms with Crippen molar-refractivity contribution in [2.24, 2.45) is 23.7 Å². The molecule has 1 saturated heterocycles. The van der Waals surface area contributed by atoms with Crippen molar-refractivity contribution in [2.75, 3.05) is 60.9 Å². The van der Waals surface area contributed by atoms with Gasteiger partial charge < -0.3 is 40.0 Å². The van der Waals surface area contributed by atoms with Gasteiger partial charge in [-0.25, -0.2) is 4.79 Å². The van der Waals surface area contributed by atoms with Crippen molar-refractivity contribution < 1.29 is 38.2 Å². The third-order valence-electron chi connectivity index (χ3n) is 12.9. The lowest BCUT2D eigenvalue weighted by atomic mass is 9.89. The number of nitrogens with zero attached hydrogens (tertiary/aromatic N) is 3. The van der Waals surface area contributed by atoms with Crippen molar-refractivity contribution in [3.05, 3.63) is 65.7 Å². The number of likely N-dealkylation sites (N-methyl/N-ethyl adjacent to an activating group) is 2. The zero-order valence-electron chi connectivity index (χ0n) is 40.3. The first-order valence-electron chi connectivity index (χ1n) is 22.7.